The van der Waals surface area contributed by atoms with Crippen LogP contribution in [0.2, 0.25) is 0 Å². The second-order valence-corrected chi connectivity index (χ2v) is 22.2. The molecule has 1 amide bonds. The van der Waals surface area contributed by atoms with Gasteiger partial charge in [-0.1, -0.05) is 150 Å². The van der Waals surface area contributed by atoms with E-state index in [4.69, 9.17) is 39.6 Å². The summed E-state index contributed by atoms with van der Waals surface area (Å²) in [6.07, 6.45) is 11.7. The Morgan fingerprint density at radius 1 is 0.613 bits per heavy atom. The summed E-state index contributed by atoms with van der Waals surface area (Å²) in [5.74, 6) is -2.85. The van der Waals surface area contributed by atoms with Gasteiger partial charge in [-0.2, -0.15) is 8.42 Å². The zero-order valence-electron chi connectivity index (χ0n) is 48.6. The van der Waals surface area contributed by atoms with Crippen molar-refractivity contribution in [3.8, 4) is 11.5 Å². The highest BCUT2D eigenvalue weighted by molar-refractivity contribution is 7.85. The molecule has 80 heavy (non-hydrogen) atoms. The number of aliphatic hydroxyl groups is 1. The van der Waals surface area contributed by atoms with Gasteiger partial charge in [-0.15, -0.1) is 0 Å². The summed E-state index contributed by atoms with van der Waals surface area (Å²) < 4.78 is 41.8. The zero-order chi connectivity index (χ0) is 60.7. The molecule has 2 atom stereocenters. The van der Waals surface area contributed by atoms with Gasteiger partial charge in [0.05, 0.1) is 24.3 Å². The first kappa shape index (κ1) is 71.0. The van der Waals surface area contributed by atoms with E-state index >= 15 is 0 Å². The predicted octanol–water partition coefficient (Wildman–Crippen LogP) is 13.9. The van der Waals surface area contributed by atoms with Crippen molar-refractivity contribution in [1.82, 2.24) is 0 Å². The number of amides is 1. The third-order valence-electron chi connectivity index (χ3n) is 13.5. The second kappa shape index (κ2) is 35.6. The van der Waals surface area contributed by atoms with Crippen LogP contribution >= 0.6 is 0 Å². The average Bonchev–Trinajstić information content (AvgIpc) is 3.42. The smallest absolute Gasteiger partial charge is 0.341 e. The Labute approximate surface area is 473 Å². The molecular formula is C62H88N2O15S. The maximum absolute atomic E-state index is 11.3. The quantitative estimate of drug-likeness (QED) is 0.0189. The summed E-state index contributed by atoms with van der Waals surface area (Å²) in [4.78, 5) is 52.7. The van der Waals surface area contributed by atoms with Gasteiger partial charge in [-0.05, 0) is 127 Å². The van der Waals surface area contributed by atoms with Gasteiger partial charge in [-0.25, -0.2) is 9.59 Å². The summed E-state index contributed by atoms with van der Waals surface area (Å²) in [6, 6.07) is 32.9. The number of para-hydroxylation sites is 1. The maximum Gasteiger partial charge on any atom is 0.341 e. The van der Waals surface area contributed by atoms with Gasteiger partial charge in [0.25, 0.3) is 10.1 Å². The van der Waals surface area contributed by atoms with Crippen LogP contribution in [0.5, 0.6) is 11.5 Å². The lowest BCUT2D eigenvalue weighted by Crippen LogP contribution is -2.33. The topological polar surface area (TPSA) is 283 Å². The van der Waals surface area contributed by atoms with Crippen molar-refractivity contribution in [3.05, 3.63) is 120 Å². The molecule has 0 heterocycles. The van der Waals surface area contributed by atoms with Crippen LogP contribution in [0.4, 0.5) is 17.1 Å². The molecule has 5 aromatic carbocycles. The number of ether oxygens (including phenoxy) is 2. The van der Waals surface area contributed by atoms with E-state index in [0.717, 1.165) is 53.4 Å². The Bertz CT molecular complexity index is 2800. The van der Waals surface area contributed by atoms with Crippen LogP contribution in [0.3, 0.4) is 0 Å². The maximum atomic E-state index is 11.3. The van der Waals surface area contributed by atoms with E-state index < -0.39 is 39.6 Å². The lowest BCUT2D eigenvalue weighted by atomic mass is 9.76. The molecule has 0 aliphatic heterocycles. The molecule has 0 fully saturated rings. The lowest BCUT2D eigenvalue weighted by molar-refractivity contribution is -0.156. The van der Waals surface area contributed by atoms with Gasteiger partial charge in [0, 0.05) is 29.0 Å². The molecule has 0 saturated heterocycles. The number of methoxy groups -OCH3 is 1. The highest BCUT2D eigenvalue weighted by Crippen LogP contribution is 2.38. The molecule has 0 saturated carbocycles. The van der Waals surface area contributed by atoms with E-state index in [1.165, 1.54) is 63.1 Å². The van der Waals surface area contributed by atoms with Gasteiger partial charge in [0.2, 0.25) is 5.91 Å². The molecular weight excluding hydrogens is 1040 g/mol. The summed E-state index contributed by atoms with van der Waals surface area (Å²) in [6.45, 7) is 19.7. The molecule has 0 aromatic heterocycles. The predicted molar refractivity (Wildman–Crippen MR) is 316 cm³/mol. The SMILES string of the molecule is CCC(C)(C)c1ccc(OCC(=O)O)c(C(C)(C)CC)c1.CCC(C)(O)C(=O)O.CCCCCCCCCC(C)C(=O)O.COc1ccc(NC(=O)CCC(=O)O)cc1.O=S(=O)(O)c1ccc2cc(Nc3ccccc3)ccc2c1. The lowest BCUT2D eigenvalue weighted by Gasteiger charge is -2.30. The van der Waals surface area contributed by atoms with Crippen LogP contribution in [0.1, 0.15) is 164 Å². The number of hydrogen-bond donors (Lipinski definition) is 8. The van der Waals surface area contributed by atoms with E-state index in [1.54, 1.807) is 51.3 Å². The molecule has 0 radical (unpaired) electrons. The second-order valence-electron chi connectivity index (χ2n) is 20.8. The zero-order valence-corrected chi connectivity index (χ0v) is 49.5. The number of anilines is 3. The largest absolute Gasteiger partial charge is 0.497 e. The fourth-order valence-corrected chi connectivity index (χ4v) is 7.61. The first-order valence-electron chi connectivity index (χ1n) is 27.1. The number of nitrogens with one attached hydrogen (secondary N) is 2. The van der Waals surface area contributed by atoms with Crippen LogP contribution in [0.15, 0.2) is 114 Å². The molecule has 2 unspecified atom stereocenters. The number of fused-ring (bicyclic) bond motifs is 1. The molecule has 442 valence electrons. The third-order valence-corrected chi connectivity index (χ3v) is 14.4. The van der Waals surface area contributed by atoms with Crippen molar-refractivity contribution in [2.45, 2.75) is 174 Å². The summed E-state index contributed by atoms with van der Waals surface area (Å²) >= 11 is 0. The number of aliphatic carboxylic acids is 4. The Hall–Kier alpha value is -7.02. The van der Waals surface area contributed by atoms with Crippen LogP contribution in [0, 0.1) is 5.92 Å². The van der Waals surface area contributed by atoms with Crippen molar-refractivity contribution >= 4 is 67.7 Å². The van der Waals surface area contributed by atoms with Crippen LogP contribution in [0.25, 0.3) is 10.8 Å². The molecule has 18 heteroatoms. The van der Waals surface area contributed by atoms with Gasteiger partial charge in [0.1, 0.15) is 11.5 Å². The van der Waals surface area contributed by atoms with Gasteiger partial charge < -0.3 is 45.6 Å². The summed E-state index contributed by atoms with van der Waals surface area (Å²) in [5.41, 5.74) is 3.38. The number of hydrogen-bond acceptors (Lipinski definition) is 11. The molecule has 17 nitrogen and oxygen atoms in total. The van der Waals surface area contributed by atoms with Crippen LogP contribution in [-0.4, -0.2) is 87.6 Å². The van der Waals surface area contributed by atoms with Gasteiger partial charge in [-0.3, -0.25) is 18.9 Å². The average molecular weight is 1130 g/mol. The van der Waals surface area contributed by atoms with Crippen molar-refractivity contribution < 1.29 is 71.9 Å². The van der Waals surface area contributed by atoms with Gasteiger partial charge >= 0.3 is 23.9 Å². The van der Waals surface area contributed by atoms with Crippen molar-refractivity contribution in [2.24, 2.45) is 5.92 Å². The number of carbonyl (C=O) groups excluding carboxylic acids is 1. The molecule has 0 aliphatic carbocycles. The Kier molecular flexibility index (Phi) is 31.6. The van der Waals surface area contributed by atoms with Gasteiger partial charge in [0.15, 0.2) is 12.2 Å². The van der Waals surface area contributed by atoms with Crippen LogP contribution < -0.4 is 20.1 Å². The highest BCUT2D eigenvalue weighted by atomic mass is 32.2. The minimum absolute atomic E-state index is 0.0264. The standard InChI is InChI=1S/C18H28O3.C16H13NO3S.C12H24O2.C11H13NO4.C5H10O3/c1-7-17(3,4)13-9-10-15(21-12-16(19)20)14(11-13)18(5,6)8-2;18-21(19,20)16-9-7-12-10-15(8-6-13(12)11-16)17-14-4-2-1-3-5-14;1-3-4-5-6-7-8-9-10-11(2)12(13)14;1-16-9-4-2-8(3-5-9)12-10(13)6-7-11(14)15;1-3-5(2,8)4(6)7/h9-11H,7-8,12H2,1-6H3,(H,19,20);1-11,17H,(H,18,19,20);11H,3-10H2,1-2H3,(H,13,14);2-5H,6-7H2,1H3,(H,12,13)(H,14,15);8H,3H2,1-2H3,(H,6,7). The van der Waals surface area contributed by atoms with E-state index in [0.29, 0.717) is 17.2 Å². The van der Waals surface area contributed by atoms with E-state index in [1.807, 2.05) is 54.6 Å². The van der Waals surface area contributed by atoms with Crippen molar-refractivity contribution in [1.29, 1.82) is 0 Å². The summed E-state index contributed by atoms with van der Waals surface area (Å²) in [5, 5.41) is 50.4. The third kappa shape index (κ3) is 27.7. The normalized spacial score (nSPS) is 12.1. The number of carbonyl (C=O) groups is 5. The molecule has 5 rings (SSSR count). The van der Waals surface area contributed by atoms with Crippen molar-refractivity contribution in [3.63, 3.8) is 0 Å². The Balaban J connectivity index is 0.000000516. The molecule has 0 spiro atoms. The number of unbranched alkanes of at least 4 members (excludes halogenated alkanes) is 6. The Morgan fingerprint density at radius 2 is 1.18 bits per heavy atom. The minimum atomic E-state index is -4.17. The number of rotatable bonds is 26. The number of benzene rings is 5. The molecule has 5 aromatic rings. The monoisotopic (exact) mass is 1130 g/mol. The fourth-order valence-electron chi connectivity index (χ4n) is 7.09. The first-order valence-corrected chi connectivity index (χ1v) is 28.6. The van der Waals surface area contributed by atoms with Crippen molar-refractivity contribution in [2.75, 3.05) is 24.4 Å². The highest BCUT2D eigenvalue weighted by Gasteiger charge is 2.28. The van der Waals surface area contributed by atoms with E-state index in [9.17, 15) is 32.4 Å². The van der Waals surface area contributed by atoms with Crippen LogP contribution in [-0.2, 0) is 44.9 Å². The molecule has 8 N–H and O–H groups in total. The number of carboxylic acids is 4. The Morgan fingerprint density at radius 3 is 1.68 bits per heavy atom. The summed E-state index contributed by atoms with van der Waals surface area (Å²) in [7, 11) is -2.61. The van der Waals surface area contributed by atoms with E-state index in [-0.39, 0.29) is 53.4 Å². The molecule has 0 bridgehead atoms. The van der Waals surface area contributed by atoms with E-state index in [2.05, 4.69) is 71.2 Å². The fraction of sp³-hybridized carbons (Fsp3) is 0.468. The minimum Gasteiger partial charge on any atom is -0.497 e. The molecule has 0 aliphatic rings. The first-order chi connectivity index (χ1) is 37.5. The number of carboxylic acid groups (broad SMARTS) is 4.